The highest BCUT2D eigenvalue weighted by molar-refractivity contribution is 7.98. The van der Waals surface area contributed by atoms with Crippen molar-refractivity contribution in [2.45, 2.75) is 39.7 Å². The van der Waals surface area contributed by atoms with Crippen LogP contribution in [0.4, 0.5) is 0 Å². The Hall–Kier alpha value is -0.470. The van der Waals surface area contributed by atoms with Gasteiger partial charge in [-0.25, -0.2) is 0 Å². The number of thioether (sulfide) groups is 1. The van der Waals surface area contributed by atoms with Crippen LogP contribution in [0.1, 0.15) is 30.0 Å². The zero-order valence-electron chi connectivity index (χ0n) is 11.5. The number of nitrogens with one attached hydrogen (secondary N) is 1. The summed E-state index contributed by atoms with van der Waals surface area (Å²) in [7, 11) is 0. The summed E-state index contributed by atoms with van der Waals surface area (Å²) >= 11 is 1.93. The molecular formula is C15H25NS. The van der Waals surface area contributed by atoms with E-state index in [0.29, 0.717) is 6.04 Å². The van der Waals surface area contributed by atoms with Crippen molar-refractivity contribution >= 4 is 11.8 Å². The zero-order chi connectivity index (χ0) is 12.7. The van der Waals surface area contributed by atoms with Crippen LogP contribution in [0.5, 0.6) is 0 Å². The van der Waals surface area contributed by atoms with E-state index in [4.69, 9.17) is 0 Å². The van der Waals surface area contributed by atoms with Gasteiger partial charge >= 0.3 is 0 Å². The molecule has 1 aromatic carbocycles. The highest BCUT2D eigenvalue weighted by atomic mass is 32.2. The van der Waals surface area contributed by atoms with E-state index in [0.717, 1.165) is 13.0 Å². The van der Waals surface area contributed by atoms with E-state index < -0.39 is 0 Å². The lowest BCUT2D eigenvalue weighted by molar-refractivity contribution is 0.513. The fraction of sp³-hybridized carbons (Fsp3) is 0.600. The normalized spacial score (nSPS) is 12.7. The third kappa shape index (κ3) is 5.13. The van der Waals surface area contributed by atoms with E-state index >= 15 is 0 Å². The number of rotatable bonds is 7. The smallest absolute Gasteiger partial charge is 0.0115 e. The zero-order valence-corrected chi connectivity index (χ0v) is 12.4. The predicted molar refractivity (Wildman–Crippen MR) is 80.1 cm³/mol. The van der Waals surface area contributed by atoms with Crippen LogP contribution in [0.3, 0.4) is 0 Å². The van der Waals surface area contributed by atoms with Gasteiger partial charge in [0, 0.05) is 6.04 Å². The predicted octanol–water partition coefficient (Wildman–Crippen LogP) is 3.58. The molecule has 0 bridgehead atoms. The van der Waals surface area contributed by atoms with Crippen LogP contribution in [0, 0.1) is 13.8 Å². The molecule has 0 aliphatic rings. The van der Waals surface area contributed by atoms with Gasteiger partial charge in [0.05, 0.1) is 0 Å². The molecule has 1 rings (SSSR count). The molecule has 0 fully saturated rings. The number of hydrogen-bond acceptors (Lipinski definition) is 2. The minimum absolute atomic E-state index is 0.620. The molecule has 1 unspecified atom stereocenters. The highest BCUT2D eigenvalue weighted by Gasteiger charge is 2.08. The first kappa shape index (κ1) is 14.6. The van der Waals surface area contributed by atoms with Crippen molar-refractivity contribution in [2.75, 3.05) is 18.6 Å². The Morgan fingerprint density at radius 2 is 2.00 bits per heavy atom. The molecule has 0 aliphatic carbocycles. The number of hydrogen-bond donors (Lipinski definition) is 1. The van der Waals surface area contributed by atoms with Gasteiger partial charge in [0.25, 0.3) is 0 Å². The lowest BCUT2D eigenvalue weighted by atomic mass is 10.00. The van der Waals surface area contributed by atoms with E-state index in [1.807, 2.05) is 11.8 Å². The molecule has 1 N–H and O–H groups in total. The van der Waals surface area contributed by atoms with Crippen LogP contribution in [-0.4, -0.2) is 24.6 Å². The van der Waals surface area contributed by atoms with Gasteiger partial charge < -0.3 is 5.32 Å². The van der Waals surface area contributed by atoms with Gasteiger partial charge in [-0.15, -0.1) is 0 Å². The second-order valence-corrected chi connectivity index (χ2v) is 5.64. The maximum absolute atomic E-state index is 3.59. The second kappa shape index (κ2) is 7.78. The topological polar surface area (TPSA) is 12.0 Å². The van der Waals surface area contributed by atoms with Crippen LogP contribution in [0.25, 0.3) is 0 Å². The van der Waals surface area contributed by atoms with Gasteiger partial charge in [0.2, 0.25) is 0 Å². The average Bonchev–Trinajstić information content (AvgIpc) is 2.31. The quantitative estimate of drug-likeness (QED) is 0.795. The summed E-state index contributed by atoms with van der Waals surface area (Å²) in [5, 5.41) is 3.59. The fourth-order valence-electron chi connectivity index (χ4n) is 2.04. The Kier molecular flexibility index (Phi) is 6.68. The fourth-order valence-corrected chi connectivity index (χ4v) is 2.56. The average molecular weight is 251 g/mol. The van der Waals surface area contributed by atoms with Crippen molar-refractivity contribution in [3.05, 3.63) is 34.9 Å². The molecule has 0 aliphatic heterocycles. The Labute approximate surface area is 110 Å². The van der Waals surface area contributed by atoms with Crippen molar-refractivity contribution in [2.24, 2.45) is 0 Å². The monoisotopic (exact) mass is 251 g/mol. The molecule has 0 spiro atoms. The number of aryl methyl sites for hydroxylation is 2. The van der Waals surface area contributed by atoms with Gasteiger partial charge in [-0.05, 0) is 61.9 Å². The molecule has 0 heterocycles. The molecule has 0 radical (unpaired) electrons. The van der Waals surface area contributed by atoms with Gasteiger partial charge in [-0.1, -0.05) is 25.1 Å². The molecule has 0 saturated heterocycles. The molecule has 1 aromatic rings. The van der Waals surface area contributed by atoms with E-state index in [2.05, 4.69) is 50.5 Å². The van der Waals surface area contributed by atoms with Crippen LogP contribution in [-0.2, 0) is 6.42 Å². The Morgan fingerprint density at radius 1 is 1.24 bits per heavy atom. The second-order valence-electron chi connectivity index (χ2n) is 4.66. The third-order valence-corrected chi connectivity index (χ3v) is 3.86. The first-order valence-electron chi connectivity index (χ1n) is 6.45. The van der Waals surface area contributed by atoms with Gasteiger partial charge in [-0.3, -0.25) is 0 Å². The van der Waals surface area contributed by atoms with Gasteiger partial charge in [-0.2, -0.15) is 11.8 Å². The highest BCUT2D eigenvalue weighted by Crippen LogP contribution is 2.13. The third-order valence-electron chi connectivity index (χ3n) is 3.22. The Bertz CT molecular complexity index is 336. The van der Waals surface area contributed by atoms with E-state index in [1.54, 1.807) is 0 Å². The summed E-state index contributed by atoms with van der Waals surface area (Å²) in [4.78, 5) is 0. The van der Waals surface area contributed by atoms with Crippen molar-refractivity contribution in [3.63, 3.8) is 0 Å². The lowest BCUT2D eigenvalue weighted by Crippen LogP contribution is -2.31. The number of likely N-dealkylation sites (N-methyl/N-ethyl adjacent to an activating group) is 1. The van der Waals surface area contributed by atoms with Crippen LogP contribution in [0.15, 0.2) is 18.2 Å². The Morgan fingerprint density at radius 3 is 2.59 bits per heavy atom. The van der Waals surface area contributed by atoms with Crippen LogP contribution >= 0.6 is 11.8 Å². The molecule has 0 saturated carbocycles. The molecular weight excluding hydrogens is 226 g/mol. The summed E-state index contributed by atoms with van der Waals surface area (Å²) < 4.78 is 0. The largest absolute Gasteiger partial charge is 0.314 e. The summed E-state index contributed by atoms with van der Waals surface area (Å²) in [5.41, 5.74) is 4.25. The van der Waals surface area contributed by atoms with E-state index in [1.165, 1.54) is 28.9 Å². The first-order valence-corrected chi connectivity index (χ1v) is 7.85. The summed E-state index contributed by atoms with van der Waals surface area (Å²) in [6.45, 7) is 7.62. The minimum Gasteiger partial charge on any atom is -0.314 e. The van der Waals surface area contributed by atoms with Gasteiger partial charge in [0.1, 0.15) is 0 Å². The molecule has 1 nitrogen and oxygen atoms in total. The molecule has 0 amide bonds. The lowest BCUT2D eigenvalue weighted by Gasteiger charge is -2.18. The molecule has 17 heavy (non-hydrogen) atoms. The summed E-state index contributed by atoms with van der Waals surface area (Å²) in [5.74, 6) is 1.24. The maximum atomic E-state index is 3.59. The molecule has 1 atom stereocenters. The number of benzene rings is 1. The standard InChI is InChI=1S/C15H25NS/c1-5-16-15(8-9-17-4)11-14-7-6-12(2)13(3)10-14/h6-7,10,15-16H,5,8-9,11H2,1-4H3. The van der Waals surface area contributed by atoms with Crippen molar-refractivity contribution in [1.82, 2.24) is 5.32 Å². The van der Waals surface area contributed by atoms with Crippen molar-refractivity contribution < 1.29 is 0 Å². The molecule has 2 heteroatoms. The minimum atomic E-state index is 0.620. The maximum Gasteiger partial charge on any atom is 0.0115 e. The van der Waals surface area contributed by atoms with Crippen molar-refractivity contribution in [1.29, 1.82) is 0 Å². The molecule has 0 aromatic heterocycles. The van der Waals surface area contributed by atoms with E-state index in [-0.39, 0.29) is 0 Å². The summed E-state index contributed by atoms with van der Waals surface area (Å²) in [6, 6.07) is 7.46. The first-order chi connectivity index (χ1) is 8.17. The van der Waals surface area contributed by atoms with Gasteiger partial charge in [0.15, 0.2) is 0 Å². The molecule has 96 valence electrons. The van der Waals surface area contributed by atoms with Crippen molar-refractivity contribution in [3.8, 4) is 0 Å². The Balaban J connectivity index is 2.61. The van der Waals surface area contributed by atoms with Crippen LogP contribution < -0.4 is 5.32 Å². The SMILES string of the molecule is CCNC(CCSC)Cc1ccc(C)c(C)c1. The van der Waals surface area contributed by atoms with E-state index in [9.17, 15) is 0 Å². The van der Waals surface area contributed by atoms with Crippen LogP contribution in [0.2, 0.25) is 0 Å². The summed E-state index contributed by atoms with van der Waals surface area (Å²) in [6.07, 6.45) is 4.58.